The van der Waals surface area contributed by atoms with Gasteiger partial charge in [0.05, 0.1) is 0 Å². The minimum absolute atomic E-state index is 0.281. The average molecular weight is 160 g/mol. The molecule has 0 aliphatic rings. The van der Waals surface area contributed by atoms with E-state index in [0.717, 1.165) is 0 Å². The fourth-order valence-electron chi connectivity index (χ4n) is 0.450. The number of nitrogens with two attached hydrogens (primary N) is 1. The van der Waals surface area contributed by atoms with Crippen LogP contribution in [0.5, 0.6) is 0 Å². The average Bonchev–Trinajstić information content (AvgIpc) is 1.97. The van der Waals surface area contributed by atoms with Gasteiger partial charge in [-0.15, -0.1) is 0 Å². The van der Waals surface area contributed by atoms with Gasteiger partial charge in [-0.1, -0.05) is 0 Å². The van der Waals surface area contributed by atoms with Crippen LogP contribution in [0, 0.1) is 0 Å². The van der Waals surface area contributed by atoms with Crippen LogP contribution in [0.4, 0.5) is 9.59 Å². The molecule has 0 aromatic heterocycles. The fraction of sp³-hybridized carbons (Fsp3) is 0.600. The molecular weight excluding hydrogens is 148 g/mol. The molecule has 0 bridgehead atoms. The topological polar surface area (TPSA) is 96.2 Å². The summed E-state index contributed by atoms with van der Waals surface area (Å²) >= 11 is 0. The van der Waals surface area contributed by atoms with E-state index in [9.17, 15) is 9.59 Å². The number of primary amides is 1. The van der Waals surface area contributed by atoms with Crippen LogP contribution in [0.3, 0.4) is 0 Å². The number of amides is 4. The third-order valence-electron chi connectivity index (χ3n) is 0.937. The summed E-state index contributed by atoms with van der Waals surface area (Å²) < 4.78 is 0. The number of urea groups is 2. The number of nitrogens with one attached hydrogen (secondary N) is 3. The Hall–Kier alpha value is -1.46. The minimum atomic E-state index is -0.594. The van der Waals surface area contributed by atoms with Gasteiger partial charge in [0.1, 0.15) is 0 Å². The monoisotopic (exact) mass is 160 g/mol. The Morgan fingerprint density at radius 3 is 2.27 bits per heavy atom. The van der Waals surface area contributed by atoms with Crippen molar-refractivity contribution in [3.8, 4) is 0 Å². The van der Waals surface area contributed by atoms with Crippen molar-refractivity contribution < 1.29 is 9.59 Å². The predicted molar refractivity (Wildman–Crippen MR) is 40.0 cm³/mol. The summed E-state index contributed by atoms with van der Waals surface area (Å²) in [6.07, 6.45) is 0. The smallest absolute Gasteiger partial charge is 0.314 e. The molecule has 11 heavy (non-hydrogen) atoms. The molecule has 0 saturated carbocycles. The van der Waals surface area contributed by atoms with Crippen LogP contribution in [-0.2, 0) is 0 Å². The Kier molecular flexibility index (Phi) is 4.63. The van der Waals surface area contributed by atoms with E-state index < -0.39 is 6.03 Å². The van der Waals surface area contributed by atoms with E-state index in [1.54, 1.807) is 0 Å². The number of hydrogen-bond acceptors (Lipinski definition) is 2. The SMILES string of the molecule is CNC(=O)NCCNC(N)=O. The molecule has 0 aliphatic heterocycles. The molecule has 0 spiro atoms. The van der Waals surface area contributed by atoms with E-state index in [1.807, 2.05) is 0 Å². The molecule has 0 saturated heterocycles. The van der Waals surface area contributed by atoms with Gasteiger partial charge in [-0.05, 0) is 0 Å². The van der Waals surface area contributed by atoms with E-state index in [-0.39, 0.29) is 6.03 Å². The first-order chi connectivity index (χ1) is 5.16. The lowest BCUT2D eigenvalue weighted by molar-refractivity contribution is 0.241. The highest BCUT2D eigenvalue weighted by Crippen LogP contribution is 1.61. The number of carbonyl (C=O) groups excluding carboxylic acids is 2. The van der Waals surface area contributed by atoms with Crippen LogP contribution >= 0.6 is 0 Å². The number of rotatable bonds is 3. The molecule has 4 amide bonds. The van der Waals surface area contributed by atoms with Gasteiger partial charge in [0.2, 0.25) is 0 Å². The second-order valence-corrected chi connectivity index (χ2v) is 1.80. The van der Waals surface area contributed by atoms with E-state index in [0.29, 0.717) is 13.1 Å². The standard InChI is InChI=1S/C5H12N4O2/c1-7-5(11)9-3-2-8-4(6)10/h2-3H2,1H3,(H3,6,8,10)(H2,7,9,11). The highest BCUT2D eigenvalue weighted by atomic mass is 16.2. The zero-order valence-corrected chi connectivity index (χ0v) is 6.31. The molecule has 0 radical (unpaired) electrons. The first kappa shape index (κ1) is 9.54. The van der Waals surface area contributed by atoms with E-state index in [4.69, 9.17) is 5.73 Å². The first-order valence-electron chi connectivity index (χ1n) is 3.15. The largest absolute Gasteiger partial charge is 0.352 e. The molecule has 0 aliphatic carbocycles. The lowest BCUT2D eigenvalue weighted by atomic mass is 10.6. The summed E-state index contributed by atoms with van der Waals surface area (Å²) in [5.74, 6) is 0. The predicted octanol–water partition coefficient (Wildman–Crippen LogP) is -1.42. The van der Waals surface area contributed by atoms with Gasteiger partial charge < -0.3 is 21.7 Å². The van der Waals surface area contributed by atoms with Crippen LogP contribution < -0.4 is 21.7 Å². The summed E-state index contributed by atoms with van der Waals surface area (Å²) in [6.45, 7) is 0.700. The molecular formula is C5H12N4O2. The zero-order chi connectivity index (χ0) is 8.69. The Bertz CT molecular complexity index is 147. The van der Waals surface area contributed by atoms with Crippen molar-refractivity contribution in [3.63, 3.8) is 0 Å². The van der Waals surface area contributed by atoms with E-state index in [1.165, 1.54) is 7.05 Å². The number of hydrogen-bond donors (Lipinski definition) is 4. The molecule has 0 aromatic carbocycles. The normalized spacial score (nSPS) is 8.45. The highest BCUT2D eigenvalue weighted by Gasteiger charge is 1.94. The van der Waals surface area contributed by atoms with Gasteiger partial charge in [-0.25, -0.2) is 9.59 Å². The van der Waals surface area contributed by atoms with Crippen LogP contribution in [-0.4, -0.2) is 32.2 Å². The van der Waals surface area contributed by atoms with Crippen molar-refractivity contribution in [1.29, 1.82) is 0 Å². The molecule has 0 unspecified atom stereocenters. The molecule has 0 heterocycles. The van der Waals surface area contributed by atoms with Crippen LogP contribution in [0.15, 0.2) is 0 Å². The molecule has 0 aromatic rings. The molecule has 6 nitrogen and oxygen atoms in total. The molecule has 64 valence electrons. The molecule has 5 N–H and O–H groups in total. The van der Waals surface area contributed by atoms with Gasteiger partial charge in [-0.3, -0.25) is 0 Å². The second-order valence-electron chi connectivity index (χ2n) is 1.80. The number of carbonyl (C=O) groups is 2. The maximum atomic E-state index is 10.5. The van der Waals surface area contributed by atoms with Crippen molar-refractivity contribution in [1.82, 2.24) is 16.0 Å². The second kappa shape index (κ2) is 5.33. The van der Waals surface area contributed by atoms with Crippen molar-refractivity contribution in [3.05, 3.63) is 0 Å². The van der Waals surface area contributed by atoms with E-state index in [2.05, 4.69) is 16.0 Å². The quantitative estimate of drug-likeness (QED) is 0.381. The summed E-state index contributed by atoms with van der Waals surface area (Å²) in [4.78, 5) is 20.6. The molecule has 0 fully saturated rings. The maximum Gasteiger partial charge on any atom is 0.314 e. The van der Waals surface area contributed by atoms with Crippen molar-refractivity contribution in [2.75, 3.05) is 20.1 Å². The van der Waals surface area contributed by atoms with Crippen molar-refractivity contribution >= 4 is 12.1 Å². The third-order valence-corrected chi connectivity index (χ3v) is 0.937. The molecule has 6 heteroatoms. The highest BCUT2D eigenvalue weighted by molar-refractivity contribution is 5.73. The maximum absolute atomic E-state index is 10.5. The lowest BCUT2D eigenvalue weighted by Gasteiger charge is -2.03. The van der Waals surface area contributed by atoms with Gasteiger partial charge in [0.15, 0.2) is 0 Å². The van der Waals surface area contributed by atoms with Crippen molar-refractivity contribution in [2.24, 2.45) is 5.73 Å². The Labute approximate surface area is 64.5 Å². The van der Waals surface area contributed by atoms with Gasteiger partial charge in [0.25, 0.3) is 0 Å². The molecule has 0 rings (SSSR count). The summed E-state index contributed by atoms with van der Waals surface area (Å²) in [5.41, 5.74) is 4.76. The lowest BCUT2D eigenvalue weighted by Crippen LogP contribution is -2.40. The summed E-state index contributed by atoms with van der Waals surface area (Å²) in [7, 11) is 1.51. The fourth-order valence-corrected chi connectivity index (χ4v) is 0.450. The Morgan fingerprint density at radius 1 is 1.27 bits per heavy atom. The first-order valence-corrected chi connectivity index (χ1v) is 3.15. The summed E-state index contributed by atoms with van der Waals surface area (Å²) in [6, 6.07) is -0.875. The van der Waals surface area contributed by atoms with Crippen LogP contribution in [0.25, 0.3) is 0 Å². The minimum Gasteiger partial charge on any atom is -0.352 e. The Morgan fingerprint density at radius 2 is 1.82 bits per heavy atom. The van der Waals surface area contributed by atoms with Crippen LogP contribution in [0.1, 0.15) is 0 Å². The summed E-state index contributed by atoms with van der Waals surface area (Å²) in [5, 5.41) is 7.15. The van der Waals surface area contributed by atoms with Gasteiger partial charge in [-0.2, -0.15) is 0 Å². The zero-order valence-electron chi connectivity index (χ0n) is 6.31. The van der Waals surface area contributed by atoms with Gasteiger partial charge in [0, 0.05) is 20.1 Å². The third kappa shape index (κ3) is 6.42. The van der Waals surface area contributed by atoms with Crippen LogP contribution in [0.2, 0.25) is 0 Å². The Balaban J connectivity index is 3.14. The molecule has 0 atom stereocenters. The van der Waals surface area contributed by atoms with Gasteiger partial charge >= 0.3 is 12.1 Å². The van der Waals surface area contributed by atoms with Crippen molar-refractivity contribution in [2.45, 2.75) is 0 Å². The van der Waals surface area contributed by atoms with E-state index >= 15 is 0 Å².